The van der Waals surface area contributed by atoms with Crippen LogP contribution >= 0.6 is 0 Å². The average Bonchev–Trinajstić information content (AvgIpc) is 2.37. The number of aliphatic carboxylic acids is 1. The van der Waals surface area contributed by atoms with Crippen molar-refractivity contribution in [2.24, 2.45) is 5.41 Å². The van der Waals surface area contributed by atoms with E-state index in [4.69, 9.17) is 0 Å². The molecule has 0 aliphatic heterocycles. The summed E-state index contributed by atoms with van der Waals surface area (Å²) in [6.07, 6.45) is 0. The molecule has 0 saturated heterocycles. The van der Waals surface area contributed by atoms with Crippen LogP contribution in [0.2, 0.25) is 0 Å². The number of amides is 2. The van der Waals surface area contributed by atoms with Gasteiger partial charge in [-0.2, -0.15) is 0 Å². The largest absolute Gasteiger partial charge is 0.480 e. The van der Waals surface area contributed by atoms with E-state index in [0.717, 1.165) is 11.3 Å². The summed E-state index contributed by atoms with van der Waals surface area (Å²) in [7, 11) is 0. The lowest BCUT2D eigenvalue weighted by atomic mass is 9.87. The Balaban J connectivity index is 3.00. The second kappa shape index (κ2) is 6.61. The molecule has 1 unspecified atom stereocenters. The zero-order chi connectivity index (χ0) is 16.2. The molecule has 0 aliphatic carbocycles. The maximum absolute atomic E-state index is 12.4. The van der Waals surface area contributed by atoms with Gasteiger partial charge in [0.2, 0.25) is 0 Å². The van der Waals surface area contributed by atoms with Gasteiger partial charge in [-0.15, -0.1) is 0 Å². The predicted molar refractivity (Wildman–Crippen MR) is 83.6 cm³/mol. The number of carboxylic acid groups (broad SMARTS) is 1. The number of carboxylic acids is 1. The van der Waals surface area contributed by atoms with Crippen LogP contribution in [0.25, 0.3) is 0 Å². The molecule has 1 aromatic rings. The van der Waals surface area contributed by atoms with Crippen molar-refractivity contribution in [3.8, 4) is 0 Å². The average molecular weight is 292 g/mol. The van der Waals surface area contributed by atoms with Crippen molar-refractivity contribution in [3.05, 3.63) is 29.8 Å². The first kappa shape index (κ1) is 17.0. The molecule has 5 nitrogen and oxygen atoms in total. The Morgan fingerprint density at radius 2 is 1.86 bits per heavy atom. The van der Waals surface area contributed by atoms with E-state index in [1.165, 1.54) is 0 Å². The van der Waals surface area contributed by atoms with Crippen molar-refractivity contribution in [1.29, 1.82) is 0 Å². The minimum absolute atomic E-state index is 0.394. The first-order valence-corrected chi connectivity index (χ1v) is 7.05. The Labute approximate surface area is 126 Å². The van der Waals surface area contributed by atoms with E-state index in [0.29, 0.717) is 6.54 Å². The molecule has 0 spiro atoms. The number of benzene rings is 1. The van der Waals surface area contributed by atoms with Gasteiger partial charge in [0.1, 0.15) is 6.04 Å². The topological polar surface area (TPSA) is 69.6 Å². The quantitative estimate of drug-likeness (QED) is 0.896. The van der Waals surface area contributed by atoms with Gasteiger partial charge in [0.05, 0.1) is 0 Å². The number of urea groups is 1. The number of nitrogens with zero attached hydrogens (tertiary/aromatic N) is 1. The molecule has 116 valence electrons. The van der Waals surface area contributed by atoms with Gasteiger partial charge >= 0.3 is 12.0 Å². The Hall–Kier alpha value is -2.04. The molecule has 0 aromatic heterocycles. The standard InChI is InChI=1S/C16H24N2O3/c1-6-18(12-10-8-7-9-11(12)2)15(21)17-13(14(19)20)16(3,4)5/h7-10,13H,6H2,1-5H3,(H,17,21)(H,19,20). The normalized spacial score (nSPS) is 12.6. The highest BCUT2D eigenvalue weighted by molar-refractivity contribution is 5.95. The molecule has 5 heteroatoms. The Bertz CT molecular complexity index is 520. The van der Waals surface area contributed by atoms with Crippen molar-refractivity contribution in [2.45, 2.75) is 40.7 Å². The van der Waals surface area contributed by atoms with Crippen LogP contribution in [0.1, 0.15) is 33.3 Å². The second-order valence-electron chi connectivity index (χ2n) is 6.12. The fourth-order valence-electron chi connectivity index (χ4n) is 2.14. The molecule has 0 fully saturated rings. The number of para-hydroxylation sites is 1. The van der Waals surface area contributed by atoms with Crippen LogP contribution in [-0.4, -0.2) is 29.7 Å². The number of nitrogens with one attached hydrogen (secondary N) is 1. The highest BCUT2D eigenvalue weighted by Crippen LogP contribution is 2.22. The zero-order valence-electron chi connectivity index (χ0n) is 13.3. The van der Waals surface area contributed by atoms with Crippen molar-refractivity contribution in [1.82, 2.24) is 5.32 Å². The third kappa shape index (κ3) is 4.21. The molecular weight excluding hydrogens is 268 g/mol. The molecule has 0 saturated carbocycles. The highest BCUT2D eigenvalue weighted by Gasteiger charge is 2.33. The molecule has 0 heterocycles. The lowest BCUT2D eigenvalue weighted by Gasteiger charge is -2.31. The van der Waals surface area contributed by atoms with E-state index in [-0.39, 0.29) is 0 Å². The van der Waals surface area contributed by atoms with Crippen LogP contribution in [0.4, 0.5) is 10.5 Å². The Kier molecular flexibility index (Phi) is 5.35. The summed E-state index contributed by atoms with van der Waals surface area (Å²) in [6, 6.07) is 6.20. The summed E-state index contributed by atoms with van der Waals surface area (Å²) in [5.74, 6) is -1.03. The third-order valence-corrected chi connectivity index (χ3v) is 3.35. The maximum atomic E-state index is 12.4. The van der Waals surface area contributed by atoms with Gasteiger partial charge in [-0.3, -0.25) is 4.90 Å². The van der Waals surface area contributed by atoms with Crippen LogP contribution in [0, 0.1) is 12.3 Å². The fraction of sp³-hybridized carbons (Fsp3) is 0.500. The first-order valence-electron chi connectivity index (χ1n) is 7.05. The van der Waals surface area contributed by atoms with E-state index >= 15 is 0 Å². The van der Waals surface area contributed by atoms with Crippen molar-refractivity contribution in [3.63, 3.8) is 0 Å². The molecule has 0 aliphatic rings. The Morgan fingerprint density at radius 1 is 1.29 bits per heavy atom. The van der Waals surface area contributed by atoms with Crippen molar-refractivity contribution in [2.75, 3.05) is 11.4 Å². The number of carbonyl (C=O) groups excluding carboxylic acids is 1. The molecule has 2 N–H and O–H groups in total. The summed E-state index contributed by atoms with van der Waals surface area (Å²) < 4.78 is 0. The summed E-state index contributed by atoms with van der Waals surface area (Å²) in [6.45, 7) is 9.61. The summed E-state index contributed by atoms with van der Waals surface area (Å²) in [5, 5.41) is 11.9. The van der Waals surface area contributed by atoms with E-state index in [9.17, 15) is 14.7 Å². The monoisotopic (exact) mass is 292 g/mol. The van der Waals surface area contributed by atoms with Crippen LogP contribution in [-0.2, 0) is 4.79 Å². The summed E-state index contributed by atoms with van der Waals surface area (Å²) in [4.78, 5) is 25.4. The Morgan fingerprint density at radius 3 is 2.29 bits per heavy atom. The number of rotatable bonds is 4. The summed E-state index contributed by atoms with van der Waals surface area (Å²) >= 11 is 0. The van der Waals surface area contributed by atoms with Crippen molar-refractivity contribution >= 4 is 17.7 Å². The molecular formula is C16H24N2O3. The van der Waals surface area contributed by atoms with Crippen LogP contribution in [0.5, 0.6) is 0 Å². The number of aryl methyl sites for hydroxylation is 1. The fourth-order valence-corrected chi connectivity index (χ4v) is 2.14. The molecule has 1 aromatic carbocycles. The second-order valence-corrected chi connectivity index (χ2v) is 6.12. The van der Waals surface area contributed by atoms with Gasteiger partial charge < -0.3 is 10.4 Å². The lowest BCUT2D eigenvalue weighted by molar-refractivity contribution is -0.141. The van der Waals surface area contributed by atoms with Gasteiger partial charge in [0.25, 0.3) is 0 Å². The number of hydrogen-bond acceptors (Lipinski definition) is 2. The third-order valence-electron chi connectivity index (χ3n) is 3.35. The minimum Gasteiger partial charge on any atom is -0.480 e. The van der Waals surface area contributed by atoms with Gasteiger partial charge in [0, 0.05) is 12.2 Å². The SMILES string of the molecule is CCN(C(=O)NC(C(=O)O)C(C)(C)C)c1ccccc1C. The molecule has 2 amide bonds. The van der Waals surface area contributed by atoms with Crippen LogP contribution in [0.15, 0.2) is 24.3 Å². The van der Waals surface area contributed by atoms with E-state index in [1.54, 1.807) is 25.7 Å². The van der Waals surface area contributed by atoms with E-state index in [1.807, 2.05) is 38.1 Å². The lowest BCUT2D eigenvalue weighted by Crippen LogP contribution is -2.53. The highest BCUT2D eigenvalue weighted by atomic mass is 16.4. The first-order chi connectivity index (χ1) is 9.68. The van der Waals surface area contributed by atoms with E-state index in [2.05, 4.69) is 5.32 Å². The predicted octanol–water partition coefficient (Wildman–Crippen LogP) is 3.03. The number of hydrogen-bond donors (Lipinski definition) is 2. The van der Waals surface area contributed by atoms with E-state index < -0.39 is 23.5 Å². The number of anilines is 1. The zero-order valence-corrected chi connectivity index (χ0v) is 13.3. The minimum atomic E-state index is -1.03. The molecule has 0 bridgehead atoms. The molecule has 1 atom stereocenters. The maximum Gasteiger partial charge on any atom is 0.326 e. The molecule has 0 radical (unpaired) electrons. The molecule has 21 heavy (non-hydrogen) atoms. The van der Waals surface area contributed by atoms with Gasteiger partial charge in [-0.1, -0.05) is 39.0 Å². The van der Waals surface area contributed by atoms with Gasteiger partial charge in [-0.25, -0.2) is 9.59 Å². The van der Waals surface area contributed by atoms with Gasteiger partial charge in [0.15, 0.2) is 0 Å². The van der Waals surface area contributed by atoms with Gasteiger partial charge in [-0.05, 0) is 30.9 Å². The number of carbonyl (C=O) groups is 2. The summed E-state index contributed by atoms with van der Waals surface area (Å²) in [5.41, 5.74) is 1.19. The molecule has 1 rings (SSSR count). The smallest absolute Gasteiger partial charge is 0.326 e. The van der Waals surface area contributed by atoms with Crippen LogP contribution < -0.4 is 10.2 Å². The van der Waals surface area contributed by atoms with Crippen LogP contribution in [0.3, 0.4) is 0 Å². The van der Waals surface area contributed by atoms with Crippen molar-refractivity contribution < 1.29 is 14.7 Å².